The molecule has 0 aliphatic carbocycles. The van der Waals surface area contributed by atoms with E-state index >= 15 is 0 Å². The fourth-order valence-corrected chi connectivity index (χ4v) is 3.95. The predicted molar refractivity (Wildman–Crippen MR) is 112 cm³/mol. The van der Waals surface area contributed by atoms with Gasteiger partial charge in [0, 0.05) is 6.20 Å². The van der Waals surface area contributed by atoms with Crippen LogP contribution in [0.2, 0.25) is 0 Å². The van der Waals surface area contributed by atoms with E-state index in [4.69, 9.17) is 9.47 Å². The number of carbonyl (C=O) groups excluding carboxylic acids is 1. The van der Waals surface area contributed by atoms with E-state index in [1.54, 1.807) is 20.3 Å². The van der Waals surface area contributed by atoms with Crippen LogP contribution in [0.4, 0.5) is 0 Å². The number of quaternary nitrogens is 1. The highest BCUT2D eigenvalue weighted by Crippen LogP contribution is 2.32. The first-order valence-electron chi connectivity index (χ1n) is 10.4. The van der Waals surface area contributed by atoms with Crippen LogP contribution in [0.3, 0.4) is 0 Å². The maximum Gasteiger partial charge on any atom is 0.222 e. The second-order valence-electron chi connectivity index (χ2n) is 8.70. The van der Waals surface area contributed by atoms with Crippen molar-refractivity contribution in [2.45, 2.75) is 43.2 Å². The zero-order chi connectivity index (χ0) is 23.5. The average Bonchev–Trinajstić information content (AvgIpc) is 2.78. The Labute approximate surface area is 187 Å². The minimum absolute atomic E-state index is 0.0260. The van der Waals surface area contributed by atoms with Crippen LogP contribution in [0.1, 0.15) is 18.2 Å². The van der Waals surface area contributed by atoms with Crippen molar-refractivity contribution >= 4 is 5.97 Å². The van der Waals surface area contributed by atoms with Crippen LogP contribution in [0.15, 0.2) is 54.7 Å². The van der Waals surface area contributed by atoms with Gasteiger partial charge < -0.3 is 34.7 Å². The van der Waals surface area contributed by atoms with Gasteiger partial charge in [-0.15, -0.1) is 0 Å². The van der Waals surface area contributed by atoms with E-state index in [1.165, 1.54) is 0 Å². The van der Waals surface area contributed by atoms with Gasteiger partial charge in [-0.1, -0.05) is 36.4 Å². The number of carboxylic acid groups (broad SMARTS) is 1. The first kappa shape index (κ1) is 24.2. The van der Waals surface area contributed by atoms with E-state index in [0.717, 1.165) is 11.3 Å². The standard InChI is InChI=1S/C23H30N2O7/c1-23(15-9-5-4-6-10-15,16-11-7-8-12-24-16)31-14-13-25(2,3)21-19(28)17(26)18(27)20(32-21)22(29)30/h4-12,17-21,26-28H,13-14H2,1-3H3/t17-,18-,19+,20-,21+,23?/m0/s1. The molecule has 1 aliphatic rings. The van der Waals surface area contributed by atoms with E-state index in [9.17, 15) is 25.2 Å². The summed E-state index contributed by atoms with van der Waals surface area (Å²) in [5.74, 6) is -1.66. The molecule has 0 spiro atoms. The smallest absolute Gasteiger partial charge is 0.222 e. The molecular formula is C23H30N2O7. The van der Waals surface area contributed by atoms with Gasteiger partial charge in [0.2, 0.25) is 6.23 Å². The van der Waals surface area contributed by atoms with Gasteiger partial charge in [-0.2, -0.15) is 0 Å². The average molecular weight is 447 g/mol. The van der Waals surface area contributed by atoms with E-state index < -0.39 is 42.2 Å². The number of carbonyl (C=O) groups is 1. The van der Waals surface area contributed by atoms with Crippen molar-refractivity contribution in [1.29, 1.82) is 0 Å². The van der Waals surface area contributed by atoms with Crippen LogP contribution in [-0.2, 0) is 19.9 Å². The Hall–Kier alpha value is -2.40. The molecule has 3 rings (SSSR count). The zero-order valence-electron chi connectivity index (χ0n) is 18.4. The Morgan fingerprint density at radius 1 is 1.09 bits per heavy atom. The minimum atomic E-state index is -1.78. The number of carboxylic acids is 1. The summed E-state index contributed by atoms with van der Waals surface area (Å²) in [6, 6.07) is 15.2. The lowest BCUT2D eigenvalue weighted by Crippen LogP contribution is -2.69. The number of benzene rings is 1. The molecule has 1 aliphatic heterocycles. The molecule has 0 saturated carbocycles. The molecule has 1 aromatic carbocycles. The van der Waals surface area contributed by atoms with Gasteiger partial charge in [0.05, 0.1) is 32.4 Å². The Bertz CT molecular complexity index is 854. The third-order valence-corrected chi connectivity index (χ3v) is 6.05. The summed E-state index contributed by atoms with van der Waals surface area (Å²) in [6.45, 7) is 2.43. The first-order chi connectivity index (χ1) is 15.1. The van der Waals surface area contributed by atoms with Gasteiger partial charge in [-0.25, -0.2) is 0 Å². The number of aliphatic hydroxyl groups excluding tert-OH is 3. The monoisotopic (exact) mass is 446 g/mol. The Morgan fingerprint density at radius 2 is 1.75 bits per heavy atom. The van der Waals surface area contributed by atoms with E-state index in [2.05, 4.69) is 4.98 Å². The molecule has 9 heteroatoms. The summed E-state index contributed by atoms with van der Waals surface area (Å²) >= 11 is 0. The molecule has 1 aromatic heterocycles. The maximum absolute atomic E-state index is 11.3. The van der Waals surface area contributed by atoms with Crippen molar-refractivity contribution in [1.82, 2.24) is 4.98 Å². The van der Waals surface area contributed by atoms with Gasteiger partial charge in [0.1, 0.15) is 30.5 Å². The van der Waals surface area contributed by atoms with E-state index in [1.807, 2.05) is 55.5 Å². The molecule has 0 radical (unpaired) electrons. The van der Waals surface area contributed by atoms with E-state index in [0.29, 0.717) is 6.54 Å². The van der Waals surface area contributed by atoms with Crippen molar-refractivity contribution < 1.29 is 39.2 Å². The fraction of sp³-hybridized carbons (Fsp3) is 0.478. The van der Waals surface area contributed by atoms with E-state index in [-0.39, 0.29) is 11.1 Å². The van der Waals surface area contributed by atoms with Gasteiger partial charge >= 0.3 is 0 Å². The number of nitrogens with zero attached hydrogens (tertiary/aromatic N) is 2. The molecule has 32 heavy (non-hydrogen) atoms. The third-order valence-electron chi connectivity index (χ3n) is 6.05. The van der Waals surface area contributed by atoms with Crippen LogP contribution >= 0.6 is 0 Å². The summed E-state index contributed by atoms with van der Waals surface area (Å²) in [4.78, 5) is 15.8. The Kier molecular flexibility index (Phi) is 7.29. The Morgan fingerprint density at radius 3 is 2.34 bits per heavy atom. The summed E-state index contributed by atoms with van der Waals surface area (Å²) in [5, 5.41) is 41.8. The van der Waals surface area contributed by atoms with Crippen LogP contribution in [-0.4, -0.2) is 88.6 Å². The molecular weight excluding hydrogens is 416 g/mol. The largest absolute Gasteiger partial charge is 0.547 e. The van der Waals surface area contributed by atoms with Gasteiger partial charge in [0.25, 0.3) is 0 Å². The molecule has 2 aromatic rings. The topological polar surface area (TPSA) is 132 Å². The number of aliphatic hydroxyl groups is 3. The van der Waals surface area contributed by atoms with Crippen molar-refractivity contribution in [3.63, 3.8) is 0 Å². The molecule has 6 atom stereocenters. The highest BCUT2D eigenvalue weighted by molar-refractivity contribution is 5.71. The van der Waals surface area contributed by atoms with Crippen molar-refractivity contribution in [3.05, 3.63) is 66.0 Å². The van der Waals surface area contributed by atoms with Crippen LogP contribution < -0.4 is 5.11 Å². The number of aliphatic carboxylic acids is 1. The number of aromatic nitrogens is 1. The minimum Gasteiger partial charge on any atom is -0.547 e. The number of likely N-dealkylation sites (N-methyl/N-ethyl adjacent to an activating group) is 1. The second kappa shape index (κ2) is 9.62. The Balaban J connectivity index is 1.77. The summed E-state index contributed by atoms with van der Waals surface area (Å²) in [7, 11) is 3.43. The van der Waals surface area contributed by atoms with Crippen molar-refractivity contribution in [2.75, 3.05) is 27.2 Å². The molecule has 9 nitrogen and oxygen atoms in total. The predicted octanol–water partition coefficient (Wildman–Crippen LogP) is -1.00. The fourth-order valence-electron chi connectivity index (χ4n) is 3.95. The molecule has 3 N–H and O–H groups in total. The first-order valence-corrected chi connectivity index (χ1v) is 10.4. The summed E-state index contributed by atoms with van der Waals surface area (Å²) in [6.07, 6.45) is -6.13. The third kappa shape index (κ3) is 4.83. The van der Waals surface area contributed by atoms with Crippen LogP contribution in [0.5, 0.6) is 0 Å². The van der Waals surface area contributed by atoms with Gasteiger partial charge in [-0.3, -0.25) is 9.47 Å². The zero-order valence-corrected chi connectivity index (χ0v) is 18.4. The summed E-state index contributed by atoms with van der Waals surface area (Å²) in [5.41, 5.74) is 0.784. The number of ether oxygens (including phenoxy) is 2. The molecule has 0 bridgehead atoms. The van der Waals surface area contributed by atoms with Crippen molar-refractivity contribution in [2.24, 2.45) is 0 Å². The number of hydrogen-bond acceptors (Lipinski definition) is 8. The molecule has 1 fully saturated rings. The number of hydrogen-bond donors (Lipinski definition) is 3. The number of rotatable bonds is 8. The summed E-state index contributed by atoms with van der Waals surface area (Å²) < 4.78 is 11.7. The lowest BCUT2D eigenvalue weighted by molar-refractivity contribution is -0.945. The molecule has 0 amide bonds. The maximum atomic E-state index is 11.3. The van der Waals surface area contributed by atoms with Crippen LogP contribution in [0, 0.1) is 0 Å². The SMILES string of the molecule is CC(OCC[N+](C)(C)[C@@H]1O[C@H](C(=O)[O-])[C@@H](O)[C@H](O)[C@H]1O)(c1ccccc1)c1ccccn1. The normalized spacial score (nSPS) is 28.1. The highest BCUT2D eigenvalue weighted by Gasteiger charge is 2.51. The molecule has 2 heterocycles. The lowest BCUT2D eigenvalue weighted by Gasteiger charge is -2.47. The highest BCUT2D eigenvalue weighted by atomic mass is 16.6. The number of pyridine rings is 1. The lowest BCUT2D eigenvalue weighted by atomic mass is 9.91. The van der Waals surface area contributed by atoms with Crippen LogP contribution in [0.25, 0.3) is 0 Å². The molecule has 1 saturated heterocycles. The van der Waals surface area contributed by atoms with Crippen molar-refractivity contribution in [3.8, 4) is 0 Å². The quantitative estimate of drug-likeness (QED) is 0.440. The van der Waals surface area contributed by atoms with Gasteiger partial charge in [0.15, 0.2) is 6.10 Å². The van der Waals surface area contributed by atoms with Gasteiger partial charge in [-0.05, 0) is 24.6 Å². The molecule has 1 unspecified atom stereocenters. The molecule has 174 valence electrons. The second-order valence-corrected chi connectivity index (χ2v) is 8.70.